The Hall–Kier alpha value is -1.68. The lowest BCUT2D eigenvalue weighted by atomic mass is 10.2. The summed E-state index contributed by atoms with van der Waals surface area (Å²) < 4.78 is 27.7. The Kier molecular flexibility index (Phi) is 7.18. The van der Waals surface area contributed by atoms with E-state index in [2.05, 4.69) is 31.6 Å². The first kappa shape index (κ1) is 19.6. The second-order valence-corrected chi connectivity index (χ2v) is 7.69. The molecule has 0 unspecified atom stereocenters. The van der Waals surface area contributed by atoms with Crippen molar-refractivity contribution in [3.05, 3.63) is 24.3 Å². The number of amides is 1. The zero-order valence-corrected chi connectivity index (χ0v) is 15.6. The Bertz CT molecular complexity index is 655. The number of hydrogen-bond acceptors (Lipinski definition) is 5. The van der Waals surface area contributed by atoms with Crippen molar-refractivity contribution >= 4 is 27.5 Å². The number of likely N-dealkylation sites (N-methyl/N-ethyl adjacent to an activating group) is 1. The molecule has 0 aromatic heterocycles. The number of carbonyl (C=O) groups excluding carboxylic acids is 1. The summed E-state index contributed by atoms with van der Waals surface area (Å²) in [5.41, 5.74) is 1.76. The zero-order chi connectivity index (χ0) is 18.3. The van der Waals surface area contributed by atoms with E-state index in [-0.39, 0.29) is 6.54 Å². The van der Waals surface area contributed by atoms with E-state index in [9.17, 15) is 13.2 Å². The summed E-state index contributed by atoms with van der Waals surface area (Å²) in [7, 11) is -1.52. The van der Waals surface area contributed by atoms with Gasteiger partial charge in [0.1, 0.15) is 0 Å². The lowest BCUT2D eigenvalue weighted by molar-refractivity contribution is -0.115. The van der Waals surface area contributed by atoms with E-state index in [4.69, 9.17) is 0 Å². The number of rotatable bonds is 8. The third-order valence-electron chi connectivity index (χ3n) is 3.98. The van der Waals surface area contributed by atoms with E-state index >= 15 is 0 Å². The molecular weight excluding hydrogens is 342 g/mol. The van der Waals surface area contributed by atoms with Gasteiger partial charge < -0.3 is 15.1 Å². The fourth-order valence-electron chi connectivity index (χ4n) is 2.47. The molecule has 1 fully saturated rings. The largest absolute Gasteiger partial charge is 0.369 e. The van der Waals surface area contributed by atoms with Crippen LogP contribution in [0.4, 0.5) is 11.4 Å². The Morgan fingerprint density at radius 1 is 1.08 bits per heavy atom. The summed E-state index contributed by atoms with van der Waals surface area (Å²) in [5, 5.41) is 2.69. The van der Waals surface area contributed by atoms with Crippen molar-refractivity contribution in [2.45, 2.75) is 13.3 Å². The lowest BCUT2D eigenvalue weighted by Crippen LogP contribution is -2.44. The maximum Gasteiger partial charge on any atom is 0.277 e. The predicted molar refractivity (Wildman–Crippen MR) is 100.0 cm³/mol. The minimum absolute atomic E-state index is 0.306. The van der Waals surface area contributed by atoms with E-state index in [0.717, 1.165) is 31.9 Å². The molecule has 3 N–H and O–H groups in total. The molecule has 140 valence electrons. The van der Waals surface area contributed by atoms with E-state index in [1.807, 2.05) is 31.2 Å². The van der Waals surface area contributed by atoms with Crippen molar-refractivity contribution in [3.63, 3.8) is 0 Å². The van der Waals surface area contributed by atoms with Crippen LogP contribution < -0.4 is 19.7 Å². The molecular formula is C16H27N5O3S. The van der Waals surface area contributed by atoms with Gasteiger partial charge in [0.2, 0.25) is 5.91 Å². The van der Waals surface area contributed by atoms with Crippen molar-refractivity contribution in [3.8, 4) is 0 Å². The molecule has 1 amide bonds. The number of hydrogen-bond donors (Lipinski definition) is 3. The monoisotopic (exact) mass is 369 g/mol. The molecule has 9 heteroatoms. The first-order valence-electron chi connectivity index (χ1n) is 8.47. The van der Waals surface area contributed by atoms with Gasteiger partial charge in [-0.15, -0.1) is 0 Å². The van der Waals surface area contributed by atoms with E-state index in [1.54, 1.807) is 0 Å². The zero-order valence-electron chi connectivity index (χ0n) is 14.8. The normalized spacial score (nSPS) is 16.0. The Morgan fingerprint density at radius 3 is 2.32 bits per heavy atom. The van der Waals surface area contributed by atoms with Crippen LogP contribution in [-0.4, -0.2) is 65.5 Å². The van der Waals surface area contributed by atoms with Gasteiger partial charge in [-0.25, -0.2) is 4.72 Å². The highest BCUT2D eigenvalue weighted by molar-refractivity contribution is 7.87. The molecule has 0 spiro atoms. The molecule has 1 aromatic rings. The van der Waals surface area contributed by atoms with Gasteiger partial charge in [-0.3, -0.25) is 4.79 Å². The van der Waals surface area contributed by atoms with E-state index in [1.165, 1.54) is 0 Å². The van der Waals surface area contributed by atoms with Crippen LogP contribution in [0.2, 0.25) is 0 Å². The molecule has 1 aliphatic heterocycles. The van der Waals surface area contributed by atoms with Crippen molar-refractivity contribution in [2.24, 2.45) is 0 Å². The lowest BCUT2D eigenvalue weighted by Gasteiger charge is -2.34. The molecule has 1 aromatic carbocycles. The average Bonchev–Trinajstić information content (AvgIpc) is 2.60. The third kappa shape index (κ3) is 6.62. The fourth-order valence-corrected chi connectivity index (χ4v) is 3.37. The number of nitrogens with one attached hydrogen (secondary N) is 3. The molecule has 0 aliphatic carbocycles. The first-order chi connectivity index (χ1) is 11.9. The van der Waals surface area contributed by atoms with Gasteiger partial charge in [0.05, 0.1) is 6.54 Å². The molecule has 1 saturated heterocycles. The summed E-state index contributed by atoms with van der Waals surface area (Å²) >= 11 is 0. The molecule has 0 saturated carbocycles. The Balaban J connectivity index is 1.81. The van der Waals surface area contributed by atoms with Crippen molar-refractivity contribution in [2.75, 3.05) is 56.5 Å². The maximum atomic E-state index is 11.9. The van der Waals surface area contributed by atoms with E-state index < -0.39 is 16.1 Å². The van der Waals surface area contributed by atoms with Gasteiger partial charge in [-0.1, -0.05) is 6.92 Å². The van der Waals surface area contributed by atoms with Crippen LogP contribution >= 0.6 is 0 Å². The highest BCUT2D eigenvalue weighted by Crippen LogP contribution is 2.19. The highest BCUT2D eigenvalue weighted by atomic mass is 32.2. The quantitative estimate of drug-likeness (QED) is 0.609. The second kappa shape index (κ2) is 9.14. The van der Waals surface area contributed by atoms with Crippen LogP contribution in [0.25, 0.3) is 0 Å². The molecule has 1 aliphatic rings. The topological polar surface area (TPSA) is 93.8 Å². The van der Waals surface area contributed by atoms with E-state index in [0.29, 0.717) is 18.7 Å². The van der Waals surface area contributed by atoms with Gasteiger partial charge in [0.25, 0.3) is 10.2 Å². The number of carbonyl (C=O) groups is 1. The molecule has 25 heavy (non-hydrogen) atoms. The van der Waals surface area contributed by atoms with Crippen molar-refractivity contribution in [1.29, 1.82) is 0 Å². The molecule has 0 atom stereocenters. The molecule has 8 nitrogen and oxygen atoms in total. The van der Waals surface area contributed by atoms with Gasteiger partial charge in [-0.2, -0.15) is 13.1 Å². The van der Waals surface area contributed by atoms with Gasteiger partial charge >= 0.3 is 0 Å². The van der Waals surface area contributed by atoms with Gasteiger partial charge in [-0.05, 0) is 37.7 Å². The molecule has 1 heterocycles. The number of benzene rings is 1. The summed E-state index contributed by atoms with van der Waals surface area (Å²) in [5.74, 6) is -0.408. The minimum Gasteiger partial charge on any atom is -0.369 e. The summed E-state index contributed by atoms with van der Waals surface area (Å²) in [6.45, 7) is 5.92. The summed E-state index contributed by atoms with van der Waals surface area (Å²) in [4.78, 5) is 16.5. The van der Waals surface area contributed by atoms with Crippen LogP contribution in [0.1, 0.15) is 13.3 Å². The second-order valence-electron chi connectivity index (χ2n) is 6.10. The maximum absolute atomic E-state index is 11.9. The van der Waals surface area contributed by atoms with Gasteiger partial charge in [0, 0.05) is 44.1 Å². The third-order valence-corrected chi connectivity index (χ3v) is 5.09. The Morgan fingerprint density at radius 2 is 1.72 bits per heavy atom. The van der Waals surface area contributed by atoms with Crippen molar-refractivity contribution in [1.82, 2.24) is 14.3 Å². The molecule has 0 radical (unpaired) electrons. The number of piperazine rings is 1. The van der Waals surface area contributed by atoms with Gasteiger partial charge in [0.15, 0.2) is 0 Å². The highest BCUT2D eigenvalue weighted by Gasteiger charge is 2.14. The smallest absolute Gasteiger partial charge is 0.277 e. The van der Waals surface area contributed by atoms with Crippen LogP contribution in [0, 0.1) is 0 Å². The predicted octanol–water partition coefficient (Wildman–Crippen LogP) is 0.211. The minimum atomic E-state index is -3.63. The number of nitrogens with zero attached hydrogens (tertiary/aromatic N) is 2. The SMILES string of the molecule is CCCNS(=O)(=O)NCC(=O)Nc1ccc(N2CCN(C)CC2)cc1. The average molecular weight is 369 g/mol. The first-order valence-corrected chi connectivity index (χ1v) is 9.95. The molecule has 0 bridgehead atoms. The number of anilines is 2. The van der Waals surface area contributed by atoms with Crippen LogP contribution in [0.3, 0.4) is 0 Å². The van der Waals surface area contributed by atoms with Crippen LogP contribution in [-0.2, 0) is 15.0 Å². The Labute approximate surface area is 149 Å². The standard InChI is InChI=1S/C16H27N5O3S/c1-3-8-17-25(23,24)18-13-16(22)19-14-4-6-15(7-5-14)21-11-9-20(2)10-12-21/h4-7,17-18H,3,8-13H2,1-2H3,(H,19,22). The fraction of sp³-hybridized carbons (Fsp3) is 0.562. The summed E-state index contributed by atoms with van der Waals surface area (Å²) in [6, 6.07) is 7.59. The van der Waals surface area contributed by atoms with Crippen LogP contribution in [0.5, 0.6) is 0 Å². The molecule has 2 rings (SSSR count). The van der Waals surface area contributed by atoms with Crippen molar-refractivity contribution < 1.29 is 13.2 Å². The van der Waals surface area contributed by atoms with Crippen LogP contribution in [0.15, 0.2) is 24.3 Å². The summed E-state index contributed by atoms with van der Waals surface area (Å²) in [6.07, 6.45) is 0.687.